The first kappa shape index (κ1) is 18.9. The van der Waals surface area contributed by atoms with Gasteiger partial charge in [0.1, 0.15) is 5.60 Å². The lowest BCUT2D eigenvalue weighted by Gasteiger charge is -2.26. The second-order valence-electron chi connectivity index (χ2n) is 6.55. The number of nitrogens with zero attached hydrogens (tertiary/aromatic N) is 3. The van der Waals surface area contributed by atoms with Crippen LogP contribution in [-0.2, 0) is 9.47 Å². The Labute approximate surface area is 135 Å². The number of carbonyl (C=O) groups excluding carboxylic acids is 2. The molecule has 1 saturated carbocycles. The summed E-state index contributed by atoms with van der Waals surface area (Å²) in [4.78, 5) is 26.5. The largest absolute Gasteiger partial charge is 0.450 e. The van der Waals surface area contributed by atoms with Gasteiger partial charge in [-0.1, -0.05) is 12.0 Å². The summed E-state index contributed by atoms with van der Waals surface area (Å²) in [6.07, 6.45) is -0.632. The fourth-order valence-electron chi connectivity index (χ4n) is 2.63. The predicted molar refractivity (Wildman–Crippen MR) is 83.8 cm³/mol. The number of carbonyl (C=O) groups is 2. The molecule has 0 unspecified atom stereocenters. The van der Waals surface area contributed by atoms with E-state index in [9.17, 15) is 9.59 Å². The molecule has 0 aromatic rings. The van der Waals surface area contributed by atoms with Gasteiger partial charge in [-0.25, -0.2) is 9.59 Å². The molecule has 1 rings (SSSR count). The molecular formula is C14H25N5O4. The molecule has 1 aliphatic carbocycles. The highest BCUT2D eigenvalue weighted by molar-refractivity contribution is 5.70. The Kier molecular flexibility index (Phi) is 6.50. The second kappa shape index (κ2) is 7.92. The van der Waals surface area contributed by atoms with Gasteiger partial charge in [-0.2, -0.15) is 0 Å². The molecule has 1 fully saturated rings. The molecule has 0 aliphatic heterocycles. The zero-order valence-corrected chi connectivity index (χ0v) is 14.2. The van der Waals surface area contributed by atoms with Crippen molar-refractivity contribution in [2.24, 2.45) is 11.0 Å². The Bertz CT molecular complexity index is 484. The smallest absolute Gasteiger partial charge is 0.407 e. The van der Waals surface area contributed by atoms with Crippen LogP contribution in [0.15, 0.2) is 5.11 Å². The summed E-state index contributed by atoms with van der Waals surface area (Å²) in [5, 5.41) is 9.15. The highest BCUT2D eigenvalue weighted by Gasteiger charge is 2.43. The molecule has 0 aromatic heterocycles. The van der Waals surface area contributed by atoms with Crippen molar-refractivity contribution < 1.29 is 19.1 Å². The number of azide groups is 1. The number of hydrogen-bond donors (Lipinski definition) is 2. The Morgan fingerprint density at radius 3 is 2.48 bits per heavy atom. The van der Waals surface area contributed by atoms with E-state index in [0.717, 1.165) is 0 Å². The van der Waals surface area contributed by atoms with Crippen molar-refractivity contribution in [3.8, 4) is 0 Å². The third-order valence-electron chi connectivity index (χ3n) is 3.46. The first-order valence-corrected chi connectivity index (χ1v) is 7.65. The minimum atomic E-state index is -0.622. The third-order valence-corrected chi connectivity index (χ3v) is 3.46. The van der Waals surface area contributed by atoms with Crippen LogP contribution in [0.3, 0.4) is 0 Å². The summed E-state index contributed by atoms with van der Waals surface area (Å²) in [7, 11) is 0. The molecule has 0 radical (unpaired) electrons. The molecule has 2 amide bonds. The van der Waals surface area contributed by atoms with Crippen LogP contribution in [0, 0.1) is 5.92 Å². The quantitative estimate of drug-likeness (QED) is 0.467. The summed E-state index contributed by atoms with van der Waals surface area (Å²) in [5.41, 5.74) is 8.10. The van der Waals surface area contributed by atoms with E-state index in [0.29, 0.717) is 6.42 Å². The van der Waals surface area contributed by atoms with Crippen LogP contribution in [0.4, 0.5) is 9.59 Å². The van der Waals surface area contributed by atoms with E-state index in [1.165, 1.54) is 0 Å². The molecule has 0 bridgehead atoms. The van der Waals surface area contributed by atoms with Crippen molar-refractivity contribution in [2.75, 3.05) is 6.61 Å². The summed E-state index contributed by atoms with van der Waals surface area (Å²) in [6.45, 7) is 9.11. The van der Waals surface area contributed by atoms with E-state index in [2.05, 4.69) is 20.7 Å². The van der Waals surface area contributed by atoms with Crippen molar-refractivity contribution in [1.82, 2.24) is 10.6 Å². The lowest BCUT2D eigenvalue weighted by molar-refractivity contribution is 0.0495. The van der Waals surface area contributed by atoms with Crippen molar-refractivity contribution in [2.45, 2.75) is 64.8 Å². The molecule has 0 saturated heterocycles. The van der Waals surface area contributed by atoms with Crippen molar-refractivity contribution in [1.29, 1.82) is 0 Å². The summed E-state index contributed by atoms with van der Waals surface area (Å²) in [6, 6.07) is -1.42. The predicted octanol–water partition coefficient (Wildman–Crippen LogP) is 2.71. The van der Waals surface area contributed by atoms with Gasteiger partial charge >= 0.3 is 12.2 Å². The maximum Gasteiger partial charge on any atom is 0.407 e. The molecule has 9 heteroatoms. The average molecular weight is 327 g/mol. The topological polar surface area (TPSA) is 125 Å². The highest BCUT2D eigenvalue weighted by Crippen LogP contribution is 2.29. The Morgan fingerprint density at radius 2 is 1.96 bits per heavy atom. The number of amides is 2. The van der Waals surface area contributed by atoms with Crippen LogP contribution < -0.4 is 10.6 Å². The van der Waals surface area contributed by atoms with E-state index >= 15 is 0 Å². The Morgan fingerprint density at radius 1 is 1.30 bits per heavy atom. The van der Waals surface area contributed by atoms with E-state index in [1.807, 2.05) is 6.92 Å². The SMILES string of the molecule is CCOC(=O)N[C@H]1[C@H](N=[N+]=[N-])[C@@H](C)C[C@H]1NC(=O)OC(C)(C)C. The molecule has 9 nitrogen and oxygen atoms in total. The molecule has 4 atom stereocenters. The molecular weight excluding hydrogens is 302 g/mol. The Hall–Kier alpha value is -2.15. The first-order valence-electron chi connectivity index (χ1n) is 7.65. The van der Waals surface area contributed by atoms with Gasteiger partial charge in [0.2, 0.25) is 0 Å². The fraction of sp³-hybridized carbons (Fsp3) is 0.857. The lowest BCUT2D eigenvalue weighted by atomic mass is 10.1. The molecule has 130 valence electrons. The molecule has 23 heavy (non-hydrogen) atoms. The maximum atomic E-state index is 12.0. The van der Waals surface area contributed by atoms with Crippen molar-refractivity contribution in [3.63, 3.8) is 0 Å². The number of alkyl carbamates (subject to hydrolysis) is 2. The zero-order chi connectivity index (χ0) is 17.6. The normalized spacial score (nSPS) is 26.8. The maximum absolute atomic E-state index is 12.0. The fourth-order valence-corrected chi connectivity index (χ4v) is 2.63. The average Bonchev–Trinajstić information content (AvgIpc) is 2.65. The standard InChI is InChI=1S/C14H25N5O4/c1-6-22-12(20)17-11-9(7-8(2)10(11)18-19-15)16-13(21)23-14(3,4)5/h8-11H,6-7H2,1-5H3,(H,16,21)(H,17,20)/t8-,9+,10+,11+/m0/s1. The van der Waals surface area contributed by atoms with Crippen LogP contribution in [0.1, 0.15) is 41.0 Å². The van der Waals surface area contributed by atoms with Crippen LogP contribution in [0.5, 0.6) is 0 Å². The Balaban J connectivity index is 2.83. The van der Waals surface area contributed by atoms with Crippen molar-refractivity contribution in [3.05, 3.63) is 10.4 Å². The van der Waals surface area contributed by atoms with Crippen LogP contribution in [0.25, 0.3) is 10.4 Å². The first-order chi connectivity index (χ1) is 10.7. The lowest BCUT2D eigenvalue weighted by Crippen LogP contribution is -2.53. The van der Waals surface area contributed by atoms with Gasteiger partial charge in [-0.3, -0.25) is 0 Å². The summed E-state index contributed by atoms with van der Waals surface area (Å²) in [5.74, 6) is -0.00207. The molecule has 0 spiro atoms. The van der Waals surface area contributed by atoms with Gasteiger partial charge in [-0.15, -0.1) is 0 Å². The molecule has 2 N–H and O–H groups in total. The van der Waals surface area contributed by atoms with E-state index in [-0.39, 0.29) is 12.5 Å². The van der Waals surface area contributed by atoms with Gasteiger partial charge in [0.15, 0.2) is 0 Å². The number of hydrogen-bond acceptors (Lipinski definition) is 5. The van der Waals surface area contributed by atoms with Crippen molar-refractivity contribution >= 4 is 12.2 Å². The van der Waals surface area contributed by atoms with Gasteiger partial charge in [0.25, 0.3) is 0 Å². The van der Waals surface area contributed by atoms with E-state index in [4.69, 9.17) is 15.0 Å². The van der Waals surface area contributed by atoms with E-state index in [1.54, 1.807) is 27.7 Å². The molecule has 0 aromatic carbocycles. The van der Waals surface area contributed by atoms with Gasteiger partial charge < -0.3 is 20.1 Å². The zero-order valence-electron chi connectivity index (χ0n) is 14.2. The van der Waals surface area contributed by atoms with Gasteiger partial charge in [0, 0.05) is 4.91 Å². The van der Waals surface area contributed by atoms with Crippen LogP contribution in [-0.4, -0.2) is 42.5 Å². The minimum Gasteiger partial charge on any atom is -0.450 e. The minimum absolute atomic E-state index is 0.00207. The monoisotopic (exact) mass is 327 g/mol. The number of nitrogens with one attached hydrogen (secondary N) is 2. The third kappa shape index (κ3) is 5.86. The highest BCUT2D eigenvalue weighted by atomic mass is 16.6. The molecule has 1 aliphatic rings. The van der Waals surface area contributed by atoms with E-state index < -0.39 is 35.9 Å². The van der Waals surface area contributed by atoms with Gasteiger partial charge in [0.05, 0.1) is 24.7 Å². The summed E-state index contributed by atoms with van der Waals surface area (Å²) >= 11 is 0. The number of ether oxygens (including phenoxy) is 2. The van der Waals surface area contributed by atoms with Gasteiger partial charge in [-0.05, 0) is 45.6 Å². The second-order valence-corrected chi connectivity index (χ2v) is 6.55. The molecule has 0 heterocycles. The van der Waals surface area contributed by atoms with Crippen LogP contribution >= 0.6 is 0 Å². The number of rotatable bonds is 4. The van der Waals surface area contributed by atoms with Crippen LogP contribution in [0.2, 0.25) is 0 Å². The summed E-state index contributed by atoms with van der Waals surface area (Å²) < 4.78 is 10.1.